The molecular weight excluding hydrogens is 290 g/mol. The first kappa shape index (κ1) is 15.2. The lowest BCUT2D eigenvalue weighted by atomic mass is 10.1. The van der Waals surface area contributed by atoms with E-state index < -0.39 is 0 Å². The molecule has 6 heteroatoms. The summed E-state index contributed by atoms with van der Waals surface area (Å²) in [5.74, 6) is 0.804. The Morgan fingerprint density at radius 2 is 1.81 bits per heavy atom. The Hall–Kier alpha value is -2.24. The molecule has 2 aromatic carbocycles. The molecule has 0 aliphatic rings. The van der Waals surface area contributed by atoms with Gasteiger partial charge in [-0.25, -0.2) is 4.98 Å². The highest BCUT2D eigenvalue weighted by Crippen LogP contribution is 2.31. The fraction of sp³-hybridized carbons (Fsp3) is 0.133. The van der Waals surface area contributed by atoms with E-state index in [2.05, 4.69) is 16.9 Å². The normalized spacial score (nSPS) is 10.2. The SMILES string of the molecule is CCOc1ccc2nc3cc(N)ccc3c(N)c2c1.OCl. The van der Waals surface area contributed by atoms with Crippen molar-refractivity contribution in [2.24, 2.45) is 0 Å². The Kier molecular flexibility index (Phi) is 4.67. The number of pyridine rings is 1. The molecule has 0 fully saturated rings. The number of hydrogen-bond acceptors (Lipinski definition) is 5. The van der Waals surface area contributed by atoms with E-state index in [0.717, 1.165) is 27.6 Å². The van der Waals surface area contributed by atoms with E-state index >= 15 is 0 Å². The van der Waals surface area contributed by atoms with Gasteiger partial charge in [-0.2, -0.15) is 0 Å². The van der Waals surface area contributed by atoms with E-state index in [9.17, 15) is 0 Å². The fourth-order valence-corrected chi connectivity index (χ4v) is 2.23. The number of benzene rings is 2. The molecule has 0 unspecified atom stereocenters. The van der Waals surface area contributed by atoms with Gasteiger partial charge in [0.1, 0.15) is 5.75 Å². The van der Waals surface area contributed by atoms with Crippen molar-refractivity contribution in [2.75, 3.05) is 18.1 Å². The first-order valence-electron chi connectivity index (χ1n) is 6.37. The minimum Gasteiger partial charge on any atom is -0.494 e. The number of nitrogen functional groups attached to an aromatic ring is 2. The predicted molar refractivity (Wildman–Crippen MR) is 87.3 cm³/mol. The van der Waals surface area contributed by atoms with Crippen molar-refractivity contribution in [3.8, 4) is 5.75 Å². The average molecular weight is 306 g/mol. The van der Waals surface area contributed by atoms with Crippen molar-refractivity contribution < 1.29 is 9.40 Å². The maximum atomic E-state index is 6.47. The number of halogens is 1. The van der Waals surface area contributed by atoms with Crippen molar-refractivity contribution in [1.82, 2.24) is 4.98 Å². The quantitative estimate of drug-likeness (QED) is 0.499. The van der Waals surface area contributed by atoms with Crippen molar-refractivity contribution in [2.45, 2.75) is 6.92 Å². The molecule has 3 rings (SSSR count). The average Bonchev–Trinajstić information content (AvgIpc) is 2.50. The molecule has 0 aliphatic carbocycles. The lowest BCUT2D eigenvalue weighted by molar-refractivity contribution is 0.341. The van der Waals surface area contributed by atoms with Gasteiger partial charge in [-0.15, -0.1) is 0 Å². The third-order valence-corrected chi connectivity index (χ3v) is 3.12. The second-order valence-electron chi connectivity index (χ2n) is 4.41. The molecule has 21 heavy (non-hydrogen) atoms. The van der Waals surface area contributed by atoms with Gasteiger partial charge in [-0.1, -0.05) is 0 Å². The van der Waals surface area contributed by atoms with Crippen LogP contribution in [0.1, 0.15) is 6.92 Å². The minimum absolute atomic E-state index is 0.628. The van der Waals surface area contributed by atoms with Crippen molar-refractivity contribution in [3.05, 3.63) is 36.4 Å². The molecule has 0 bridgehead atoms. The third-order valence-electron chi connectivity index (χ3n) is 3.12. The minimum atomic E-state index is 0.628. The summed E-state index contributed by atoms with van der Waals surface area (Å²) >= 11 is 3.64. The summed E-state index contributed by atoms with van der Waals surface area (Å²) in [5, 5.41) is 1.82. The van der Waals surface area contributed by atoms with Crippen LogP contribution >= 0.6 is 11.9 Å². The molecule has 0 atom stereocenters. The Labute approximate surface area is 127 Å². The Bertz CT molecular complexity index is 778. The Morgan fingerprint density at radius 3 is 2.52 bits per heavy atom. The molecule has 0 saturated carbocycles. The van der Waals surface area contributed by atoms with Crippen LogP contribution in [0.25, 0.3) is 21.8 Å². The molecule has 0 spiro atoms. The van der Waals surface area contributed by atoms with Gasteiger partial charge in [-0.05, 0) is 43.3 Å². The van der Waals surface area contributed by atoms with Crippen LogP contribution in [0.3, 0.4) is 0 Å². The zero-order chi connectivity index (χ0) is 15.4. The van der Waals surface area contributed by atoms with Gasteiger partial charge in [-0.3, -0.25) is 4.66 Å². The summed E-state index contributed by atoms with van der Waals surface area (Å²) < 4.78 is 12.0. The second-order valence-corrected chi connectivity index (χ2v) is 4.41. The standard InChI is InChI=1S/C15H15N3O.ClHO/c1-2-19-10-4-6-13-12(8-10)15(17)11-5-3-9(16)7-14(11)18-13;1-2/h3-8H,2,16H2,1H3,(H2,17,18);2H. The first-order valence-corrected chi connectivity index (χ1v) is 6.71. The van der Waals surface area contributed by atoms with Gasteiger partial charge in [0.15, 0.2) is 0 Å². The number of nitrogens with zero attached hydrogens (tertiary/aromatic N) is 1. The lowest BCUT2D eigenvalue weighted by Gasteiger charge is -2.09. The van der Waals surface area contributed by atoms with Crippen molar-refractivity contribution >= 4 is 45.0 Å². The van der Waals surface area contributed by atoms with Gasteiger partial charge < -0.3 is 16.2 Å². The molecule has 5 nitrogen and oxygen atoms in total. The number of nitrogens with two attached hydrogens (primary N) is 2. The van der Waals surface area contributed by atoms with E-state index in [4.69, 9.17) is 20.9 Å². The van der Waals surface area contributed by atoms with Gasteiger partial charge in [0.2, 0.25) is 0 Å². The fourth-order valence-electron chi connectivity index (χ4n) is 2.23. The zero-order valence-electron chi connectivity index (χ0n) is 11.5. The van der Waals surface area contributed by atoms with Gasteiger partial charge >= 0.3 is 0 Å². The maximum absolute atomic E-state index is 6.47. The van der Waals surface area contributed by atoms with Crippen LogP contribution in [0.4, 0.5) is 11.4 Å². The maximum Gasteiger partial charge on any atom is 0.120 e. The van der Waals surface area contributed by atoms with Gasteiger partial charge in [0.05, 0.1) is 35.2 Å². The summed E-state index contributed by atoms with van der Waals surface area (Å²) in [7, 11) is 0. The highest BCUT2D eigenvalue weighted by Gasteiger charge is 2.07. The van der Waals surface area contributed by atoms with E-state index in [1.165, 1.54) is 0 Å². The second kappa shape index (κ2) is 6.47. The molecule has 0 radical (unpaired) electrons. The third kappa shape index (κ3) is 2.94. The van der Waals surface area contributed by atoms with Crippen molar-refractivity contribution in [1.29, 1.82) is 0 Å². The zero-order valence-corrected chi connectivity index (χ0v) is 12.3. The molecule has 0 amide bonds. The Morgan fingerprint density at radius 1 is 1.05 bits per heavy atom. The number of fused-ring (bicyclic) bond motifs is 2. The number of aromatic nitrogens is 1. The first-order chi connectivity index (χ1) is 10.2. The van der Waals surface area contributed by atoms with E-state index in [0.29, 0.717) is 18.0 Å². The smallest absolute Gasteiger partial charge is 0.120 e. The molecule has 0 saturated heterocycles. The molecule has 110 valence electrons. The molecule has 3 aromatic rings. The van der Waals surface area contributed by atoms with Gasteiger partial charge in [0.25, 0.3) is 0 Å². The largest absolute Gasteiger partial charge is 0.494 e. The molecular formula is C15H16ClN3O2. The van der Waals surface area contributed by atoms with Crippen LogP contribution < -0.4 is 16.2 Å². The van der Waals surface area contributed by atoms with Crippen LogP contribution in [-0.2, 0) is 0 Å². The highest BCUT2D eigenvalue weighted by atomic mass is 35.5. The molecule has 1 heterocycles. The van der Waals surface area contributed by atoms with E-state index in [-0.39, 0.29) is 0 Å². The highest BCUT2D eigenvalue weighted by molar-refractivity contribution is 6.07. The number of rotatable bonds is 2. The molecule has 5 N–H and O–H groups in total. The number of ether oxygens (including phenoxy) is 1. The van der Waals surface area contributed by atoms with E-state index in [1.807, 2.05) is 43.3 Å². The lowest BCUT2D eigenvalue weighted by Crippen LogP contribution is -1.96. The van der Waals surface area contributed by atoms with Crippen LogP contribution in [-0.4, -0.2) is 16.2 Å². The number of hydrogen-bond donors (Lipinski definition) is 3. The number of anilines is 2. The van der Waals surface area contributed by atoms with E-state index in [1.54, 1.807) is 0 Å². The topological polar surface area (TPSA) is 94.4 Å². The van der Waals surface area contributed by atoms with Crippen LogP contribution in [0.15, 0.2) is 36.4 Å². The summed E-state index contributed by atoms with van der Waals surface area (Å²) in [6, 6.07) is 11.3. The summed E-state index contributed by atoms with van der Waals surface area (Å²) in [6.45, 7) is 2.58. The summed E-state index contributed by atoms with van der Waals surface area (Å²) in [5.41, 5.74) is 15.1. The summed E-state index contributed by atoms with van der Waals surface area (Å²) in [6.07, 6.45) is 0. The van der Waals surface area contributed by atoms with Crippen LogP contribution in [0.2, 0.25) is 0 Å². The molecule has 1 aromatic heterocycles. The summed E-state index contributed by atoms with van der Waals surface area (Å²) in [4.78, 5) is 4.59. The predicted octanol–water partition coefficient (Wildman–Crippen LogP) is 3.08. The Balaban J connectivity index is 0.000000774. The van der Waals surface area contributed by atoms with Crippen molar-refractivity contribution in [3.63, 3.8) is 0 Å². The van der Waals surface area contributed by atoms with Gasteiger partial charge in [0, 0.05) is 16.5 Å². The monoisotopic (exact) mass is 305 g/mol. The molecule has 0 aliphatic heterocycles. The van der Waals surface area contributed by atoms with Crippen LogP contribution in [0.5, 0.6) is 5.75 Å². The van der Waals surface area contributed by atoms with Crippen LogP contribution in [0, 0.1) is 0 Å².